The fourth-order valence-corrected chi connectivity index (χ4v) is 1.92. The molecular weight excluding hydrogens is 313 g/mol. The molecule has 0 saturated heterocycles. The molecule has 0 aromatic heterocycles. The van der Waals surface area contributed by atoms with Gasteiger partial charge in [0.05, 0.1) is 16.3 Å². The van der Waals surface area contributed by atoms with Gasteiger partial charge in [0.15, 0.2) is 5.11 Å². The maximum Gasteiger partial charge on any atom is 0.191 e. The maximum atomic E-state index is 5.91. The first kappa shape index (κ1) is 14.8. The summed E-state index contributed by atoms with van der Waals surface area (Å²) in [6.07, 6.45) is 1.61. The van der Waals surface area contributed by atoms with Gasteiger partial charge in [-0.1, -0.05) is 47.5 Å². The monoisotopic (exact) mass is 323 g/mol. The fourth-order valence-electron chi connectivity index (χ4n) is 1.44. The molecule has 0 amide bonds. The van der Waals surface area contributed by atoms with Crippen molar-refractivity contribution < 1.29 is 0 Å². The molecule has 0 aliphatic heterocycles. The van der Waals surface area contributed by atoms with E-state index in [1.807, 2.05) is 36.4 Å². The van der Waals surface area contributed by atoms with Crippen molar-refractivity contribution in [1.82, 2.24) is 5.43 Å². The summed E-state index contributed by atoms with van der Waals surface area (Å²) < 4.78 is 0. The van der Waals surface area contributed by atoms with Crippen LogP contribution in [-0.2, 0) is 0 Å². The third-order valence-electron chi connectivity index (χ3n) is 2.36. The minimum atomic E-state index is 0.410. The van der Waals surface area contributed by atoms with E-state index in [-0.39, 0.29) is 0 Å². The molecule has 2 aromatic rings. The van der Waals surface area contributed by atoms with Crippen molar-refractivity contribution >= 4 is 52.4 Å². The average molecular weight is 324 g/mol. The number of rotatable bonds is 3. The Hall–Kier alpha value is -1.62. The minimum absolute atomic E-state index is 0.410. The van der Waals surface area contributed by atoms with Crippen LogP contribution in [0, 0.1) is 0 Å². The Morgan fingerprint density at radius 2 is 1.80 bits per heavy atom. The molecule has 3 nitrogen and oxygen atoms in total. The molecule has 2 rings (SSSR count). The van der Waals surface area contributed by atoms with Gasteiger partial charge in [0.2, 0.25) is 0 Å². The van der Waals surface area contributed by atoms with E-state index >= 15 is 0 Å². The minimum Gasteiger partial charge on any atom is -0.331 e. The van der Waals surface area contributed by atoms with Gasteiger partial charge in [-0.2, -0.15) is 5.10 Å². The second-order valence-electron chi connectivity index (χ2n) is 3.86. The van der Waals surface area contributed by atoms with E-state index in [2.05, 4.69) is 15.8 Å². The Balaban J connectivity index is 1.89. The highest BCUT2D eigenvalue weighted by Gasteiger charge is 1.97. The lowest BCUT2D eigenvalue weighted by Crippen LogP contribution is -2.23. The van der Waals surface area contributed by atoms with Crippen molar-refractivity contribution in [2.75, 3.05) is 5.32 Å². The van der Waals surface area contributed by atoms with Crippen LogP contribution in [0.1, 0.15) is 5.56 Å². The molecule has 0 atom stereocenters. The number of thiocarbonyl (C=S) groups is 1. The number of nitrogens with zero attached hydrogens (tertiary/aromatic N) is 1. The predicted molar refractivity (Wildman–Crippen MR) is 89.9 cm³/mol. The number of anilines is 1. The lowest BCUT2D eigenvalue weighted by Gasteiger charge is -2.06. The van der Waals surface area contributed by atoms with Gasteiger partial charge >= 0.3 is 0 Å². The van der Waals surface area contributed by atoms with Gasteiger partial charge in [-0.25, -0.2) is 0 Å². The van der Waals surface area contributed by atoms with Gasteiger partial charge in [0.25, 0.3) is 0 Å². The Bertz CT molecular complexity index is 630. The number of halogens is 2. The summed E-state index contributed by atoms with van der Waals surface area (Å²) in [5, 5.41) is 8.44. The molecule has 0 aliphatic carbocycles. The lowest BCUT2D eigenvalue weighted by atomic mass is 10.2. The molecule has 0 spiro atoms. The SMILES string of the molecule is S=C(N/N=C\c1ccc(Cl)c(Cl)c1)Nc1ccccc1. The summed E-state index contributed by atoms with van der Waals surface area (Å²) in [4.78, 5) is 0. The van der Waals surface area contributed by atoms with Crippen LogP contribution in [0.25, 0.3) is 0 Å². The molecule has 0 aliphatic rings. The van der Waals surface area contributed by atoms with Gasteiger partial charge < -0.3 is 5.32 Å². The number of hydrogen-bond acceptors (Lipinski definition) is 2. The molecule has 20 heavy (non-hydrogen) atoms. The standard InChI is InChI=1S/C14H11Cl2N3S/c15-12-7-6-10(8-13(12)16)9-17-19-14(20)18-11-4-2-1-3-5-11/h1-9H,(H2,18,19,20)/b17-9-. The summed E-state index contributed by atoms with van der Waals surface area (Å²) >= 11 is 16.9. The second kappa shape index (κ2) is 7.24. The number of benzene rings is 2. The van der Waals surface area contributed by atoms with Crippen LogP contribution in [0.4, 0.5) is 5.69 Å². The van der Waals surface area contributed by atoms with Gasteiger partial charge in [-0.15, -0.1) is 0 Å². The molecule has 0 saturated carbocycles. The Morgan fingerprint density at radius 1 is 1.05 bits per heavy atom. The summed E-state index contributed by atoms with van der Waals surface area (Å²) in [7, 11) is 0. The Morgan fingerprint density at radius 3 is 2.50 bits per heavy atom. The smallest absolute Gasteiger partial charge is 0.191 e. The predicted octanol–water partition coefficient (Wildman–Crippen LogP) is 4.31. The zero-order chi connectivity index (χ0) is 14.4. The highest BCUT2D eigenvalue weighted by Crippen LogP contribution is 2.21. The van der Waals surface area contributed by atoms with E-state index in [1.54, 1.807) is 18.3 Å². The van der Waals surface area contributed by atoms with Crippen LogP contribution in [0.15, 0.2) is 53.6 Å². The first-order valence-electron chi connectivity index (χ1n) is 5.75. The van der Waals surface area contributed by atoms with E-state index in [1.165, 1.54) is 0 Å². The molecular formula is C14H11Cl2N3S. The van der Waals surface area contributed by atoms with Crippen molar-refractivity contribution in [2.24, 2.45) is 5.10 Å². The molecule has 0 fully saturated rings. The largest absolute Gasteiger partial charge is 0.331 e. The lowest BCUT2D eigenvalue weighted by molar-refractivity contribution is 1.05. The normalized spacial score (nSPS) is 10.5. The topological polar surface area (TPSA) is 36.4 Å². The first-order valence-corrected chi connectivity index (χ1v) is 6.92. The van der Waals surface area contributed by atoms with Crippen molar-refractivity contribution in [2.45, 2.75) is 0 Å². The van der Waals surface area contributed by atoms with Gasteiger partial charge in [-0.05, 0) is 42.0 Å². The summed E-state index contributed by atoms with van der Waals surface area (Å²) in [5.41, 5.74) is 4.45. The van der Waals surface area contributed by atoms with Crippen molar-refractivity contribution in [1.29, 1.82) is 0 Å². The van der Waals surface area contributed by atoms with Crippen LogP contribution < -0.4 is 10.7 Å². The first-order chi connectivity index (χ1) is 9.65. The quantitative estimate of drug-likeness (QED) is 0.502. The molecule has 0 heterocycles. The third-order valence-corrected chi connectivity index (χ3v) is 3.29. The van der Waals surface area contributed by atoms with E-state index in [0.29, 0.717) is 15.2 Å². The van der Waals surface area contributed by atoms with E-state index < -0.39 is 0 Å². The number of hydrazone groups is 1. The van der Waals surface area contributed by atoms with E-state index in [4.69, 9.17) is 35.4 Å². The molecule has 2 N–H and O–H groups in total. The van der Waals surface area contributed by atoms with Crippen molar-refractivity contribution in [3.8, 4) is 0 Å². The number of hydrogen-bond donors (Lipinski definition) is 2. The van der Waals surface area contributed by atoms with Crippen LogP contribution in [0.2, 0.25) is 10.0 Å². The Kier molecular flexibility index (Phi) is 5.35. The summed E-state index contributed by atoms with van der Waals surface area (Å²) in [6, 6.07) is 14.9. The summed E-state index contributed by atoms with van der Waals surface area (Å²) in [6.45, 7) is 0. The summed E-state index contributed by atoms with van der Waals surface area (Å²) in [5.74, 6) is 0. The van der Waals surface area contributed by atoms with Crippen LogP contribution in [0.5, 0.6) is 0 Å². The van der Waals surface area contributed by atoms with Crippen molar-refractivity contribution in [3.05, 3.63) is 64.1 Å². The fraction of sp³-hybridized carbons (Fsp3) is 0. The number of para-hydroxylation sites is 1. The molecule has 0 bridgehead atoms. The molecule has 0 radical (unpaired) electrons. The highest BCUT2D eigenvalue weighted by atomic mass is 35.5. The average Bonchev–Trinajstić information content (AvgIpc) is 2.44. The van der Waals surface area contributed by atoms with Crippen LogP contribution >= 0.6 is 35.4 Å². The highest BCUT2D eigenvalue weighted by molar-refractivity contribution is 7.80. The van der Waals surface area contributed by atoms with E-state index in [9.17, 15) is 0 Å². The zero-order valence-electron chi connectivity index (χ0n) is 10.3. The van der Waals surface area contributed by atoms with Gasteiger partial charge in [0, 0.05) is 5.69 Å². The maximum absolute atomic E-state index is 5.91. The van der Waals surface area contributed by atoms with Gasteiger partial charge in [0.1, 0.15) is 0 Å². The Labute approximate surface area is 132 Å². The molecule has 2 aromatic carbocycles. The van der Waals surface area contributed by atoms with E-state index in [0.717, 1.165) is 11.3 Å². The van der Waals surface area contributed by atoms with Crippen LogP contribution in [-0.4, -0.2) is 11.3 Å². The zero-order valence-corrected chi connectivity index (χ0v) is 12.6. The van der Waals surface area contributed by atoms with Crippen molar-refractivity contribution in [3.63, 3.8) is 0 Å². The van der Waals surface area contributed by atoms with Crippen LogP contribution in [0.3, 0.4) is 0 Å². The van der Waals surface area contributed by atoms with Gasteiger partial charge in [-0.3, -0.25) is 5.43 Å². The molecule has 102 valence electrons. The molecule has 6 heteroatoms. The third kappa shape index (κ3) is 4.49. The number of nitrogens with one attached hydrogen (secondary N) is 2. The molecule has 0 unspecified atom stereocenters. The second-order valence-corrected chi connectivity index (χ2v) is 5.09.